The van der Waals surface area contributed by atoms with Crippen molar-refractivity contribution in [3.63, 3.8) is 0 Å². The molecule has 1 fully saturated rings. The van der Waals surface area contributed by atoms with Crippen molar-refractivity contribution in [3.05, 3.63) is 60.1 Å². The van der Waals surface area contributed by atoms with Crippen molar-refractivity contribution in [1.82, 2.24) is 26.1 Å². The van der Waals surface area contributed by atoms with Crippen molar-refractivity contribution in [2.75, 3.05) is 6.54 Å². The van der Waals surface area contributed by atoms with Gasteiger partial charge in [-0.05, 0) is 74.1 Å². The largest absolute Gasteiger partial charge is 0.457 e. The molecule has 0 radical (unpaired) electrons. The number of carbonyl (C=O) groups excluding carboxylic acids is 4. The van der Waals surface area contributed by atoms with Crippen LogP contribution in [0.2, 0.25) is 0 Å². The Labute approximate surface area is 240 Å². The Kier molecular flexibility index (Phi) is 9.88. The lowest BCUT2D eigenvalue weighted by molar-refractivity contribution is -0.155. The number of aromatic nitrogens is 1. The first-order valence-electron chi connectivity index (χ1n) is 14.3. The number of ether oxygens (including phenoxy) is 1. The number of amides is 3. The number of carbonyl (C=O) groups is 4. The first kappa shape index (κ1) is 29.9. The number of nitrogens with zero attached hydrogens (tertiary/aromatic N) is 2. The normalized spacial score (nSPS) is 24.6. The van der Waals surface area contributed by atoms with Gasteiger partial charge in [-0.15, -0.1) is 0 Å². The predicted octanol–water partition coefficient (Wildman–Crippen LogP) is 3.69. The summed E-state index contributed by atoms with van der Waals surface area (Å²) in [6.45, 7) is 9.54. The van der Waals surface area contributed by atoms with Crippen LogP contribution in [0.5, 0.6) is 0 Å². The van der Waals surface area contributed by atoms with Crippen molar-refractivity contribution in [1.29, 1.82) is 0 Å². The summed E-state index contributed by atoms with van der Waals surface area (Å²) in [4.78, 5) is 56.2. The first-order valence-corrected chi connectivity index (χ1v) is 14.3. The van der Waals surface area contributed by atoms with Crippen LogP contribution in [0, 0.1) is 5.92 Å². The number of rotatable bonds is 1. The molecule has 0 aliphatic carbocycles. The molecule has 41 heavy (non-hydrogen) atoms. The Bertz CT molecular complexity index is 1350. The Morgan fingerprint density at radius 1 is 1.07 bits per heavy atom. The molecule has 3 N–H and O–H groups in total. The third kappa shape index (κ3) is 7.79. The van der Waals surface area contributed by atoms with Gasteiger partial charge in [0.25, 0.3) is 5.91 Å². The van der Waals surface area contributed by atoms with Gasteiger partial charge in [0.1, 0.15) is 23.9 Å². The fraction of sp³-hybridized carbons (Fsp3) is 0.452. The Hall–Kier alpha value is -4.05. The molecule has 10 heteroatoms. The molecule has 218 valence electrons. The molecule has 0 spiro atoms. The summed E-state index contributed by atoms with van der Waals surface area (Å²) >= 11 is 0. The zero-order chi connectivity index (χ0) is 29.5. The monoisotopic (exact) mass is 561 g/mol. The Balaban J connectivity index is 1.56. The van der Waals surface area contributed by atoms with Gasteiger partial charge in [0, 0.05) is 24.5 Å². The molecular formula is C31H39N5O5. The summed E-state index contributed by atoms with van der Waals surface area (Å²) in [5.41, 5.74) is 4.45. The number of benzene rings is 1. The fourth-order valence-electron chi connectivity index (χ4n) is 4.92. The standard InChI is InChI=1S/C31H39N5O5/c1-19(2)28-29(38)33-20(3)30(39)36-15-9-11-26(35-36)31(40)41-21(4)22-13-14-23-18-32-25(17-24(23)16-22)10-7-5-6-8-12-27(37)34-28/h7,10,13-14,16-19,21,26,28,35H,3,5-6,8-9,11-12,15H2,1-2,4H3,(H,33,38)(H,34,37)/b10-7+/t21-,26+,28+/m1/s1. The maximum Gasteiger partial charge on any atom is 0.325 e. The van der Waals surface area contributed by atoms with Crippen LogP contribution in [0.3, 0.4) is 0 Å². The number of esters is 1. The molecule has 1 saturated heterocycles. The number of pyridine rings is 1. The van der Waals surface area contributed by atoms with Gasteiger partial charge in [-0.1, -0.05) is 38.6 Å². The summed E-state index contributed by atoms with van der Waals surface area (Å²) in [7, 11) is 0. The Morgan fingerprint density at radius 3 is 2.66 bits per heavy atom. The Morgan fingerprint density at radius 2 is 1.88 bits per heavy atom. The minimum absolute atomic E-state index is 0.143. The smallest absolute Gasteiger partial charge is 0.325 e. The van der Waals surface area contributed by atoms with Crippen molar-refractivity contribution >= 4 is 40.5 Å². The lowest BCUT2D eigenvalue weighted by Crippen LogP contribution is -2.57. The average Bonchev–Trinajstić information content (AvgIpc) is 2.96. The highest BCUT2D eigenvalue weighted by Crippen LogP contribution is 2.24. The molecule has 2 aliphatic rings. The van der Waals surface area contributed by atoms with E-state index in [0.717, 1.165) is 34.9 Å². The van der Waals surface area contributed by atoms with Crippen LogP contribution in [-0.2, 0) is 23.9 Å². The second kappa shape index (κ2) is 13.5. The van der Waals surface area contributed by atoms with Crippen LogP contribution < -0.4 is 16.1 Å². The summed E-state index contributed by atoms with van der Waals surface area (Å²) in [5, 5.41) is 8.59. The molecule has 1 aromatic heterocycles. The van der Waals surface area contributed by atoms with Crippen molar-refractivity contribution in [2.45, 2.75) is 77.5 Å². The van der Waals surface area contributed by atoms with E-state index in [1.807, 2.05) is 63.4 Å². The highest BCUT2D eigenvalue weighted by atomic mass is 16.5. The van der Waals surface area contributed by atoms with E-state index in [1.165, 1.54) is 5.01 Å². The summed E-state index contributed by atoms with van der Waals surface area (Å²) in [6, 6.07) is 6.30. The predicted molar refractivity (Wildman–Crippen MR) is 156 cm³/mol. The van der Waals surface area contributed by atoms with Gasteiger partial charge in [0.2, 0.25) is 11.8 Å². The third-order valence-corrected chi connectivity index (χ3v) is 7.36. The van der Waals surface area contributed by atoms with E-state index in [-0.39, 0.29) is 23.9 Å². The fourth-order valence-corrected chi connectivity index (χ4v) is 4.92. The van der Waals surface area contributed by atoms with E-state index in [0.29, 0.717) is 25.8 Å². The summed E-state index contributed by atoms with van der Waals surface area (Å²) < 4.78 is 5.79. The van der Waals surface area contributed by atoms with Gasteiger partial charge in [-0.2, -0.15) is 0 Å². The highest BCUT2D eigenvalue weighted by Gasteiger charge is 2.32. The zero-order valence-electron chi connectivity index (χ0n) is 23.9. The second-order valence-corrected chi connectivity index (χ2v) is 11.0. The highest BCUT2D eigenvalue weighted by molar-refractivity contribution is 5.99. The molecule has 0 saturated carbocycles. The number of hydrazine groups is 1. The number of hydrogen-bond donors (Lipinski definition) is 3. The molecule has 2 aromatic rings. The molecule has 0 unspecified atom stereocenters. The van der Waals surface area contributed by atoms with Gasteiger partial charge in [0.05, 0.1) is 5.69 Å². The zero-order valence-corrected chi connectivity index (χ0v) is 23.9. The lowest BCUT2D eigenvalue weighted by atomic mass is 10.0. The molecule has 5 bridgehead atoms. The second-order valence-electron chi connectivity index (χ2n) is 11.0. The first-order chi connectivity index (χ1) is 19.6. The van der Waals surface area contributed by atoms with Crippen LogP contribution >= 0.6 is 0 Å². The quantitative estimate of drug-likeness (QED) is 0.358. The van der Waals surface area contributed by atoms with Crippen LogP contribution in [-0.4, -0.2) is 52.3 Å². The molecule has 4 rings (SSSR count). The van der Waals surface area contributed by atoms with E-state index in [2.05, 4.69) is 27.6 Å². The van der Waals surface area contributed by atoms with Crippen molar-refractivity contribution in [3.8, 4) is 0 Å². The van der Waals surface area contributed by atoms with Gasteiger partial charge in [-0.3, -0.25) is 29.2 Å². The van der Waals surface area contributed by atoms with E-state index < -0.39 is 36.0 Å². The lowest BCUT2D eigenvalue weighted by Gasteiger charge is -2.33. The molecule has 2 aliphatic heterocycles. The molecule has 3 heterocycles. The number of hydrogen-bond acceptors (Lipinski definition) is 7. The number of cyclic esters (lactones) is 1. The van der Waals surface area contributed by atoms with Crippen LogP contribution in [0.4, 0.5) is 0 Å². The van der Waals surface area contributed by atoms with Gasteiger partial charge in [-0.25, -0.2) is 5.43 Å². The van der Waals surface area contributed by atoms with E-state index in [1.54, 1.807) is 0 Å². The van der Waals surface area contributed by atoms with Crippen LogP contribution in [0.15, 0.2) is 48.8 Å². The van der Waals surface area contributed by atoms with E-state index in [4.69, 9.17) is 4.74 Å². The molecule has 3 amide bonds. The number of fused-ring (bicyclic) bond motifs is 4. The summed E-state index contributed by atoms with van der Waals surface area (Å²) in [5.74, 6) is -1.98. The third-order valence-electron chi connectivity index (χ3n) is 7.36. The van der Waals surface area contributed by atoms with Crippen molar-refractivity contribution < 1.29 is 23.9 Å². The number of allylic oxidation sites excluding steroid dienone is 1. The van der Waals surface area contributed by atoms with E-state index >= 15 is 0 Å². The van der Waals surface area contributed by atoms with Gasteiger partial charge >= 0.3 is 5.97 Å². The maximum atomic E-state index is 13.1. The van der Waals surface area contributed by atoms with E-state index in [9.17, 15) is 19.2 Å². The van der Waals surface area contributed by atoms with Crippen molar-refractivity contribution in [2.24, 2.45) is 5.92 Å². The molecule has 3 atom stereocenters. The maximum absolute atomic E-state index is 13.1. The summed E-state index contributed by atoms with van der Waals surface area (Å²) in [6.07, 6.45) is 8.90. The minimum Gasteiger partial charge on any atom is -0.457 e. The minimum atomic E-state index is -0.825. The average molecular weight is 562 g/mol. The van der Waals surface area contributed by atoms with Gasteiger partial charge < -0.3 is 15.4 Å². The molecule has 1 aromatic carbocycles. The number of nitrogens with one attached hydrogen (secondary N) is 3. The molecule has 10 nitrogen and oxygen atoms in total. The van der Waals surface area contributed by atoms with Gasteiger partial charge in [0.15, 0.2) is 0 Å². The topological polar surface area (TPSA) is 130 Å². The SMILES string of the molecule is C=C1NC(=O)[C@H](C(C)C)NC(=O)CCCC/C=C/c2cc3cc(ccc3cn2)[C@@H](C)OC(=O)[C@@H]2CCCN(N2)C1=O. The van der Waals surface area contributed by atoms with Crippen LogP contribution in [0.1, 0.15) is 76.7 Å². The van der Waals surface area contributed by atoms with Crippen LogP contribution in [0.25, 0.3) is 16.8 Å². The molecular weight excluding hydrogens is 522 g/mol.